The van der Waals surface area contributed by atoms with Gasteiger partial charge in [0.25, 0.3) is 5.91 Å². The van der Waals surface area contributed by atoms with Crippen LogP contribution in [0.3, 0.4) is 0 Å². The van der Waals surface area contributed by atoms with Gasteiger partial charge >= 0.3 is 5.97 Å². The number of halogens is 1. The zero-order valence-corrected chi connectivity index (χ0v) is 22.0. The number of aliphatic carboxylic acids is 1. The molecule has 10 heteroatoms. The van der Waals surface area contributed by atoms with Crippen molar-refractivity contribution in [3.05, 3.63) is 35.5 Å². The fourth-order valence-corrected chi connectivity index (χ4v) is 5.47. The number of carboxylic acid groups (broad SMARTS) is 1. The first-order chi connectivity index (χ1) is 16.5. The number of aryl methyl sites for hydroxylation is 1. The van der Waals surface area contributed by atoms with Crippen LogP contribution >= 0.6 is 0 Å². The molecular weight excluding hydrogens is 467 g/mol. The summed E-state index contributed by atoms with van der Waals surface area (Å²) in [5.41, 5.74) is 1.38. The number of pyridine rings is 1. The normalized spacial score (nSPS) is 19.2. The molecule has 2 fully saturated rings. The molecule has 3 heterocycles. The molecule has 1 atom stereocenters. The average Bonchev–Trinajstić information content (AvgIpc) is 3.43. The van der Waals surface area contributed by atoms with E-state index in [1.807, 2.05) is 6.92 Å². The fraction of sp³-hybridized carbons (Fsp3) is 0.600. The minimum absolute atomic E-state index is 0.114. The number of hydrogen-bond donors (Lipinski definition) is 1. The second-order valence-electron chi connectivity index (χ2n) is 11.0. The Morgan fingerprint density at radius 3 is 2.66 bits per heavy atom. The van der Waals surface area contributed by atoms with Gasteiger partial charge < -0.3 is 14.7 Å². The number of likely N-dealkylation sites (tertiary alicyclic amines) is 1. The molecule has 190 valence electrons. The second kappa shape index (κ2) is 9.81. The highest BCUT2D eigenvalue weighted by Gasteiger charge is 2.54. The lowest BCUT2D eigenvalue weighted by atomic mass is 9.89. The van der Waals surface area contributed by atoms with Crippen LogP contribution in [0, 0.1) is 11.7 Å². The van der Waals surface area contributed by atoms with Crippen molar-refractivity contribution in [2.45, 2.75) is 77.0 Å². The summed E-state index contributed by atoms with van der Waals surface area (Å²) >= 11 is 0. The van der Waals surface area contributed by atoms with Crippen LogP contribution in [-0.4, -0.2) is 63.4 Å². The monoisotopic (exact) mass is 502 g/mol. The van der Waals surface area contributed by atoms with E-state index in [9.17, 15) is 19.1 Å². The Balaban J connectivity index is 1.62. The maximum absolute atomic E-state index is 14.8. The second-order valence-corrected chi connectivity index (χ2v) is 16.6. The SMILES string of the molecule is CCc1cc(-c2cc(C(=O)N3CCC(C(=O)O)CC34CC4)nn2COCC[Si](C)(C)C)c(F)cn1. The number of aromatic nitrogens is 3. The molecule has 8 nitrogen and oxygen atoms in total. The third kappa shape index (κ3) is 5.64. The molecule has 35 heavy (non-hydrogen) atoms. The third-order valence-corrected chi connectivity index (χ3v) is 8.79. The number of nitrogens with zero attached hydrogens (tertiary/aromatic N) is 4. The summed E-state index contributed by atoms with van der Waals surface area (Å²) in [6, 6.07) is 4.31. The van der Waals surface area contributed by atoms with E-state index in [2.05, 4.69) is 29.7 Å². The van der Waals surface area contributed by atoms with Crippen LogP contribution in [0.5, 0.6) is 0 Å². The van der Waals surface area contributed by atoms with Gasteiger partial charge in [0.1, 0.15) is 6.73 Å². The van der Waals surface area contributed by atoms with Crippen molar-refractivity contribution in [1.82, 2.24) is 19.7 Å². The number of carbonyl (C=O) groups excluding carboxylic acids is 1. The summed E-state index contributed by atoms with van der Waals surface area (Å²) in [6.45, 7) is 9.83. The summed E-state index contributed by atoms with van der Waals surface area (Å²) in [5.74, 6) is -1.94. The third-order valence-electron chi connectivity index (χ3n) is 7.08. The molecule has 1 aliphatic carbocycles. The van der Waals surface area contributed by atoms with E-state index in [1.165, 1.54) is 6.20 Å². The molecular formula is C25H35FN4O4Si. The molecule has 1 unspecified atom stereocenters. The van der Waals surface area contributed by atoms with Crippen LogP contribution in [0.1, 0.15) is 48.8 Å². The number of ether oxygens (including phenoxy) is 1. The first-order valence-electron chi connectivity index (χ1n) is 12.4. The zero-order valence-electron chi connectivity index (χ0n) is 21.0. The summed E-state index contributed by atoms with van der Waals surface area (Å²) in [7, 11) is -1.28. The van der Waals surface area contributed by atoms with E-state index in [-0.39, 0.29) is 18.3 Å². The van der Waals surface area contributed by atoms with Crippen molar-refractivity contribution in [1.29, 1.82) is 0 Å². The van der Waals surface area contributed by atoms with Crippen molar-refractivity contribution < 1.29 is 23.8 Å². The van der Waals surface area contributed by atoms with Gasteiger partial charge in [0.05, 0.1) is 17.8 Å². The molecule has 1 amide bonds. The van der Waals surface area contributed by atoms with Gasteiger partial charge in [0.2, 0.25) is 0 Å². The lowest BCUT2D eigenvalue weighted by Crippen LogP contribution is -2.49. The van der Waals surface area contributed by atoms with Gasteiger partial charge in [0.15, 0.2) is 11.5 Å². The topological polar surface area (TPSA) is 97.6 Å². The maximum Gasteiger partial charge on any atom is 0.306 e. The van der Waals surface area contributed by atoms with Crippen LogP contribution < -0.4 is 0 Å². The number of carboxylic acids is 1. The smallest absolute Gasteiger partial charge is 0.306 e. The molecule has 2 aliphatic rings. The standard InChI is InChI=1S/C25H35FN4O4Si/c1-5-18-12-19(20(26)15-27-18)22-13-21(28-30(22)16-34-10-11-35(2,3)4)23(31)29-9-6-17(24(32)33)14-25(29)7-8-25/h12-13,15,17H,5-11,14,16H2,1-4H3,(H,32,33). The Hall–Kier alpha value is -2.59. The van der Waals surface area contributed by atoms with Crippen LogP contribution in [0.15, 0.2) is 18.3 Å². The lowest BCUT2D eigenvalue weighted by Gasteiger charge is -2.38. The fourth-order valence-electron chi connectivity index (χ4n) is 4.71. The minimum Gasteiger partial charge on any atom is -0.481 e. The molecule has 2 aromatic rings. The first-order valence-corrected chi connectivity index (χ1v) is 16.1. The predicted molar refractivity (Wildman–Crippen MR) is 132 cm³/mol. The molecule has 2 aromatic heterocycles. The quantitative estimate of drug-likeness (QED) is 0.402. The Kier molecular flexibility index (Phi) is 7.15. The Morgan fingerprint density at radius 1 is 1.29 bits per heavy atom. The number of amides is 1. The number of carbonyl (C=O) groups is 2. The highest BCUT2D eigenvalue weighted by molar-refractivity contribution is 6.76. The number of piperidine rings is 1. The molecule has 4 rings (SSSR count). The predicted octanol–water partition coefficient (Wildman–Crippen LogP) is 4.43. The van der Waals surface area contributed by atoms with Crippen LogP contribution in [0.4, 0.5) is 4.39 Å². The first kappa shape index (κ1) is 25.5. The van der Waals surface area contributed by atoms with E-state index < -0.39 is 31.3 Å². The summed E-state index contributed by atoms with van der Waals surface area (Å²) < 4.78 is 22.3. The van der Waals surface area contributed by atoms with E-state index in [0.29, 0.717) is 43.7 Å². The van der Waals surface area contributed by atoms with Gasteiger partial charge in [-0.2, -0.15) is 5.10 Å². The zero-order chi connectivity index (χ0) is 25.4. The number of rotatable bonds is 9. The minimum atomic E-state index is -1.28. The summed E-state index contributed by atoms with van der Waals surface area (Å²) in [4.78, 5) is 31.0. The maximum atomic E-state index is 14.8. The number of hydrogen-bond acceptors (Lipinski definition) is 5. The van der Waals surface area contributed by atoms with E-state index in [1.54, 1.807) is 21.7 Å². The lowest BCUT2D eigenvalue weighted by molar-refractivity contribution is -0.144. The van der Waals surface area contributed by atoms with Gasteiger partial charge in [0, 0.05) is 38.0 Å². The van der Waals surface area contributed by atoms with Crippen molar-refractivity contribution in [3.8, 4) is 11.3 Å². The van der Waals surface area contributed by atoms with E-state index in [4.69, 9.17) is 4.74 Å². The van der Waals surface area contributed by atoms with E-state index in [0.717, 1.165) is 24.6 Å². The van der Waals surface area contributed by atoms with Crippen LogP contribution in [0.25, 0.3) is 11.3 Å². The molecule has 1 saturated carbocycles. The molecule has 0 aromatic carbocycles. The van der Waals surface area contributed by atoms with E-state index >= 15 is 0 Å². The van der Waals surface area contributed by atoms with Crippen molar-refractivity contribution >= 4 is 20.0 Å². The van der Waals surface area contributed by atoms with Gasteiger partial charge in [-0.15, -0.1) is 0 Å². The highest BCUT2D eigenvalue weighted by atomic mass is 28.3. The largest absolute Gasteiger partial charge is 0.481 e. The van der Waals surface area contributed by atoms with Gasteiger partial charge in [-0.3, -0.25) is 14.6 Å². The Morgan fingerprint density at radius 2 is 2.03 bits per heavy atom. The van der Waals surface area contributed by atoms with Crippen molar-refractivity contribution in [3.63, 3.8) is 0 Å². The van der Waals surface area contributed by atoms with Crippen molar-refractivity contribution in [2.75, 3.05) is 13.2 Å². The highest BCUT2D eigenvalue weighted by Crippen LogP contribution is 2.50. The molecule has 1 spiro atoms. The summed E-state index contributed by atoms with van der Waals surface area (Å²) in [6.07, 6.45) is 4.36. The molecule has 1 saturated heterocycles. The van der Waals surface area contributed by atoms with Crippen LogP contribution in [-0.2, 0) is 22.7 Å². The Bertz CT molecular complexity index is 1110. The molecule has 1 aliphatic heterocycles. The molecule has 0 bridgehead atoms. The summed E-state index contributed by atoms with van der Waals surface area (Å²) in [5, 5.41) is 14.0. The molecule has 0 radical (unpaired) electrons. The Labute approximate surface area is 206 Å². The van der Waals surface area contributed by atoms with Gasteiger partial charge in [-0.25, -0.2) is 9.07 Å². The van der Waals surface area contributed by atoms with Gasteiger partial charge in [-0.05, 0) is 50.3 Å². The van der Waals surface area contributed by atoms with Crippen LogP contribution in [0.2, 0.25) is 25.7 Å². The molecule has 1 N–H and O–H groups in total. The van der Waals surface area contributed by atoms with Crippen molar-refractivity contribution in [2.24, 2.45) is 5.92 Å². The van der Waals surface area contributed by atoms with Gasteiger partial charge in [-0.1, -0.05) is 26.6 Å². The average molecular weight is 503 g/mol.